The Hall–Kier alpha value is -1.66. The van der Waals surface area contributed by atoms with Crippen molar-refractivity contribution in [3.63, 3.8) is 0 Å². The molecule has 2 N–H and O–H groups in total. The molecule has 1 saturated heterocycles. The first kappa shape index (κ1) is 17.7. The number of aliphatic hydroxyl groups excluding tert-OH is 1. The van der Waals surface area contributed by atoms with E-state index in [9.17, 15) is 9.90 Å². The maximum atomic E-state index is 12.2. The Bertz CT molecular complexity index is 513. The third-order valence-corrected chi connectivity index (χ3v) is 4.33. The Labute approximate surface area is 138 Å². The highest BCUT2D eigenvalue weighted by molar-refractivity contribution is 5.94. The van der Waals surface area contributed by atoms with E-state index in [1.165, 1.54) is 0 Å². The van der Waals surface area contributed by atoms with Gasteiger partial charge >= 0.3 is 0 Å². The van der Waals surface area contributed by atoms with Gasteiger partial charge in [0.2, 0.25) is 0 Å². The smallest absolute Gasteiger partial charge is 0.251 e. The lowest BCUT2D eigenvalue weighted by atomic mass is 10.0. The van der Waals surface area contributed by atoms with Crippen LogP contribution in [0.25, 0.3) is 0 Å². The predicted octanol–water partition coefficient (Wildman–Crippen LogP) is 0.970. The van der Waals surface area contributed by atoms with Crippen molar-refractivity contribution in [3.8, 4) is 0 Å². The first-order valence-corrected chi connectivity index (χ1v) is 8.33. The lowest BCUT2D eigenvalue weighted by Crippen LogP contribution is -2.44. The number of hydrogen-bond donors (Lipinski definition) is 2. The van der Waals surface area contributed by atoms with Gasteiger partial charge < -0.3 is 20.2 Å². The number of piperazine rings is 1. The summed E-state index contributed by atoms with van der Waals surface area (Å²) in [5.41, 5.74) is 0.618. The Morgan fingerprint density at radius 2 is 2.04 bits per heavy atom. The standard InChI is InChI=1S/C17H28N4O2/c1-13(2)15(22)5-7-19-17(23)14-4-6-18-16(12-14)21-10-8-20(3)9-11-21/h4,6,12-13,15,22H,5,7-11H2,1-3H3,(H,19,23). The van der Waals surface area contributed by atoms with Gasteiger partial charge in [0.1, 0.15) is 5.82 Å². The van der Waals surface area contributed by atoms with Crippen LogP contribution in [0.15, 0.2) is 18.3 Å². The van der Waals surface area contributed by atoms with Gasteiger partial charge in [-0.3, -0.25) is 4.79 Å². The molecular formula is C17H28N4O2. The third-order valence-electron chi connectivity index (χ3n) is 4.33. The summed E-state index contributed by atoms with van der Waals surface area (Å²) in [5.74, 6) is 0.948. The number of pyridine rings is 1. The highest BCUT2D eigenvalue weighted by atomic mass is 16.3. The SMILES string of the molecule is CC(C)C(O)CCNC(=O)c1ccnc(N2CCN(C)CC2)c1. The number of anilines is 1. The lowest BCUT2D eigenvalue weighted by molar-refractivity contribution is 0.0920. The van der Waals surface area contributed by atoms with Crippen molar-refractivity contribution < 1.29 is 9.90 Å². The van der Waals surface area contributed by atoms with Crippen LogP contribution in [0.3, 0.4) is 0 Å². The zero-order valence-corrected chi connectivity index (χ0v) is 14.3. The lowest BCUT2D eigenvalue weighted by Gasteiger charge is -2.33. The van der Waals surface area contributed by atoms with Crippen LogP contribution in [0.5, 0.6) is 0 Å². The number of aliphatic hydroxyl groups is 1. The van der Waals surface area contributed by atoms with E-state index in [4.69, 9.17) is 0 Å². The summed E-state index contributed by atoms with van der Waals surface area (Å²) in [6, 6.07) is 3.58. The molecule has 0 saturated carbocycles. The van der Waals surface area contributed by atoms with Gasteiger partial charge in [-0.25, -0.2) is 4.98 Å². The average Bonchev–Trinajstić information content (AvgIpc) is 2.55. The molecule has 1 aromatic rings. The summed E-state index contributed by atoms with van der Waals surface area (Å²) in [4.78, 5) is 21.1. The van der Waals surface area contributed by atoms with E-state index < -0.39 is 0 Å². The van der Waals surface area contributed by atoms with Crippen LogP contribution in [-0.2, 0) is 0 Å². The number of nitrogens with one attached hydrogen (secondary N) is 1. The summed E-state index contributed by atoms with van der Waals surface area (Å²) < 4.78 is 0. The summed E-state index contributed by atoms with van der Waals surface area (Å²) in [5, 5.41) is 12.6. The van der Waals surface area contributed by atoms with E-state index in [-0.39, 0.29) is 17.9 Å². The average molecular weight is 320 g/mol. The number of carbonyl (C=O) groups excluding carboxylic acids is 1. The second-order valence-corrected chi connectivity index (χ2v) is 6.55. The van der Waals surface area contributed by atoms with Crippen LogP contribution in [0, 0.1) is 5.92 Å². The van der Waals surface area contributed by atoms with Gasteiger partial charge in [-0.2, -0.15) is 0 Å². The molecule has 6 heteroatoms. The highest BCUT2D eigenvalue weighted by Gasteiger charge is 2.17. The fourth-order valence-electron chi connectivity index (χ4n) is 2.54. The fraction of sp³-hybridized carbons (Fsp3) is 0.647. The minimum atomic E-state index is -0.381. The molecule has 0 aromatic carbocycles. The minimum absolute atomic E-state index is 0.112. The van der Waals surface area contributed by atoms with E-state index >= 15 is 0 Å². The molecule has 0 bridgehead atoms. The topological polar surface area (TPSA) is 68.7 Å². The van der Waals surface area contributed by atoms with E-state index in [0.717, 1.165) is 32.0 Å². The van der Waals surface area contributed by atoms with Crippen molar-refractivity contribution in [1.82, 2.24) is 15.2 Å². The van der Waals surface area contributed by atoms with Gasteiger partial charge in [0, 0.05) is 44.5 Å². The van der Waals surface area contributed by atoms with E-state index in [1.807, 2.05) is 19.9 Å². The molecular weight excluding hydrogens is 292 g/mol. The fourth-order valence-corrected chi connectivity index (χ4v) is 2.54. The number of amides is 1. The van der Waals surface area contributed by atoms with Gasteiger partial charge in [-0.05, 0) is 31.5 Å². The maximum absolute atomic E-state index is 12.2. The maximum Gasteiger partial charge on any atom is 0.251 e. The molecule has 6 nitrogen and oxygen atoms in total. The first-order valence-electron chi connectivity index (χ1n) is 8.33. The highest BCUT2D eigenvalue weighted by Crippen LogP contribution is 2.15. The monoisotopic (exact) mass is 320 g/mol. The van der Waals surface area contributed by atoms with Crippen LogP contribution in [0.1, 0.15) is 30.6 Å². The summed E-state index contributed by atoms with van der Waals surface area (Å²) in [6.07, 6.45) is 1.87. The Morgan fingerprint density at radius 1 is 1.35 bits per heavy atom. The number of carbonyl (C=O) groups is 1. The predicted molar refractivity (Wildman–Crippen MR) is 91.7 cm³/mol. The van der Waals surface area contributed by atoms with Crippen molar-refractivity contribution >= 4 is 11.7 Å². The number of hydrogen-bond acceptors (Lipinski definition) is 5. The minimum Gasteiger partial charge on any atom is -0.393 e. The summed E-state index contributed by atoms with van der Waals surface area (Å²) >= 11 is 0. The molecule has 128 valence electrons. The molecule has 1 aliphatic rings. The molecule has 1 aliphatic heterocycles. The van der Waals surface area contributed by atoms with Crippen molar-refractivity contribution in [2.45, 2.75) is 26.4 Å². The van der Waals surface area contributed by atoms with E-state index in [2.05, 4.69) is 27.1 Å². The number of aromatic nitrogens is 1. The molecule has 1 aromatic heterocycles. The molecule has 0 radical (unpaired) electrons. The van der Waals surface area contributed by atoms with Crippen LogP contribution < -0.4 is 10.2 Å². The van der Waals surface area contributed by atoms with Crippen LogP contribution in [0.2, 0.25) is 0 Å². The van der Waals surface area contributed by atoms with E-state index in [1.54, 1.807) is 12.3 Å². The van der Waals surface area contributed by atoms with Crippen LogP contribution in [-0.4, -0.2) is 66.8 Å². The quantitative estimate of drug-likeness (QED) is 0.817. The van der Waals surface area contributed by atoms with Crippen molar-refractivity contribution in [2.75, 3.05) is 44.7 Å². The molecule has 1 amide bonds. The van der Waals surface area contributed by atoms with Crippen molar-refractivity contribution in [1.29, 1.82) is 0 Å². The number of rotatable bonds is 6. The van der Waals surface area contributed by atoms with Crippen LogP contribution >= 0.6 is 0 Å². The van der Waals surface area contributed by atoms with Crippen molar-refractivity contribution in [3.05, 3.63) is 23.9 Å². The molecule has 2 rings (SSSR count). The Balaban J connectivity index is 1.90. The third kappa shape index (κ3) is 5.18. The van der Waals surface area contributed by atoms with Gasteiger partial charge in [0.05, 0.1) is 6.10 Å². The second-order valence-electron chi connectivity index (χ2n) is 6.55. The molecule has 0 spiro atoms. The van der Waals surface area contributed by atoms with Gasteiger partial charge in [0.15, 0.2) is 0 Å². The molecule has 1 atom stereocenters. The Kier molecular flexibility index (Phi) is 6.36. The van der Waals surface area contributed by atoms with Crippen LogP contribution in [0.4, 0.5) is 5.82 Å². The first-order chi connectivity index (χ1) is 11.0. The zero-order valence-electron chi connectivity index (χ0n) is 14.3. The normalized spacial score (nSPS) is 17.3. The Morgan fingerprint density at radius 3 is 2.70 bits per heavy atom. The molecule has 2 heterocycles. The molecule has 1 unspecified atom stereocenters. The molecule has 0 aliphatic carbocycles. The number of likely N-dealkylation sites (N-methyl/N-ethyl adjacent to an activating group) is 1. The summed E-state index contributed by atoms with van der Waals surface area (Å²) in [7, 11) is 2.11. The zero-order chi connectivity index (χ0) is 16.8. The second kappa shape index (κ2) is 8.26. The van der Waals surface area contributed by atoms with E-state index in [0.29, 0.717) is 18.5 Å². The molecule has 23 heavy (non-hydrogen) atoms. The van der Waals surface area contributed by atoms with Gasteiger partial charge in [-0.15, -0.1) is 0 Å². The largest absolute Gasteiger partial charge is 0.393 e. The van der Waals surface area contributed by atoms with Gasteiger partial charge in [0.25, 0.3) is 5.91 Å². The van der Waals surface area contributed by atoms with Crippen molar-refractivity contribution in [2.24, 2.45) is 5.92 Å². The number of nitrogens with zero attached hydrogens (tertiary/aromatic N) is 3. The van der Waals surface area contributed by atoms with Gasteiger partial charge in [-0.1, -0.05) is 13.8 Å². The molecule has 1 fully saturated rings. The summed E-state index contributed by atoms with van der Waals surface area (Å²) in [6.45, 7) is 8.28.